The second-order valence-electron chi connectivity index (χ2n) is 5.98. The highest BCUT2D eigenvalue weighted by Crippen LogP contribution is 2.29. The van der Waals surface area contributed by atoms with Crippen LogP contribution >= 0.6 is 23.4 Å². The topological polar surface area (TPSA) is 81.9 Å². The number of anilines is 1. The number of hydrogen-bond acceptors (Lipinski definition) is 6. The monoisotopic (exact) mass is 417 g/mol. The minimum Gasteiger partial charge on any atom is -0.492 e. The first-order valence-corrected chi connectivity index (χ1v) is 9.99. The number of carbonyl (C=O) groups excluding carboxylic acids is 1. The van der Waals surface area contributed by atoms with Crippen molar-refractivity contribution in [3.05, 3.63) is 53.1 Å². The van der Waals surface area contributed by atoms with E-state index < -0.39 is 5.25 Å². The van der Waals surface area contributed by atoms with E-state index in [4.69, 9.17) is 16.3 Å². The van der Waals surface area contributed by atoms with Gasteiger partial charge >= 0.3 is 0 Å². The minimum atomic E-state index is -0.428. The van der Waals surface area contributed by atoms with E-state index in [0.717, 1.165) is 11.3 Å². The molecular weight excluding hydrogens is 398 g/mol. The summed E-state index contributed by atoms with van der Waals surface area (Å²) < 4.78 is 7.23. The molecular formula is C19H20ClN5O2S. The molecule has 0 radical (unpaired) electrons. The van der Waals surface area contributed by atoms with Crippen LogP contribution in [0.25, 0.3) is 5.69 Å². The zero-order valence-electron chi connectivity index (χ0n) is 15.7. The molecule has 0 aliphatic carbocycles. The number of ether oxygens (including phenoxy) is 1. The SMILES string of the molecule is CCOc1ccccc1-n1nnnc1S[C@@H](C)C(=O)Nc1cc(Cl)ccc1C. The predicted octanol–water partition coefficient (Wildman–Crippen LogP) is 4.14. The molecule has 28 heavy (non-hydrogen) atoms. The third kappa shape index (κ3) is 4.63. The first-order valence-electron chi connectivity index (χ1n) is 8.74. The highest BCUT2D eigenvalue weighted by molar-refractivity contribution is 8.00. The molecule has 146 valence electrons. The van der Waals surface area contributed by atoms with Crippen molar-refractivity contribution in [1.82, 2.24) is 20.2 Å². The van der Waals surface area contributed by atoms with Crippen molar-refractivity contribution in [2.45, 2.75) is 31.2 Å². The summed E-state index contributed by atoms with van der Waals surface area (Å²) in [4.78, 5) is 12.6. The van der Waals surface area contributed by atoms with Crippen LogP contribution in [-0.2, 0) is 4.79 Å². The predicted molar refractivity (Wildman–Crippen MR) is 110 cm³/mol. The number of nitrogens with one attached hydrogen (secondary N) is 1. The van der Waals surface area contributed by atoms with Crippen molar-refractivity contribution < 1.29 is 9.53 Å². The minimum absolute atomic E-state index is 0.164. The maximum atomic E-state index is 12.6. The van der Waals surface area contributed by atoms with E-state index in [1.54, 1.807) is 23.7 Å². The largest absolute Gasteiger partial charge is 0.492 e. The van der Waals surface area contributed by atoms with Crippen LogP contribution in [0.4, 0.5) is 5.69 Å². The highest BCUT2D eigenvalue weighted by Gasteiger charge is 2.21. The van der Waals surface area contributed by atoms with Gasteiger partial charge < -0.3 is 10.1 Å². The molecule has 0 spiro atoms. The van der Waals surface area contributed by atoms with E-state index in [1.807, 2.05) is 44.2 Å². The molecule has 0 unspecified atom stereocenters. The van der Waals surface area contributed by atoms with Gasteiger partial charge in [0.15, 0.2) is 0 Å². The van der Waals surface area contributed by atoms with Crippen LogP contribution in [0.3, 0.4) is 0 Å². The van der Waals surface area contributed by atoms with Gasteiger partial charge in [0, 0.05) is 10.7 Å². The number of hydrogen-bond donors (Lipinski definition) is 1. The fraction of sp³-hybridized carbons (Fsp3) is 0.263. The van der Waals surface area contributed by atoms with Crippen LogP contribution in [0, 0.1) is 6.92 Å². The summed E-state index contributed by atoms with van der Waals surface area (Å²) in [6.07, 6.45) is 0. The van der Waals surface area contributed by atoms with Crippen molar-refractivity contribution in [2.24, 2.45) is 0 Å². The van der Waals surface area contributed by atoms with Crippen molar-refractivity contribution in [2.75, 3.05) is 11.9 Å². The molecule has 7 nitrogen and oxygen atoms in total. The lowest BCUT2D eigenvalue weighted by atomic mass is 10.2. The normalized spacial score (nSPS) is 11.9. The lowest BCUT2D eigenvalue weighted by Gasteiger charge is -2.14. The van der Waals surface area contributed by atoms with Gasteiger partial charge in [-0.05, 0) is 61.0 Å². The third-order valence-electron chi connectivity index (χ3n) is 3.94. The maximum absolute atomic E-state index is 12.6. The van der Waals surface area contributed by atoms with Crippen molar-refractivity contribution >= 4 is 35.0 Å². The van der Waals surface area contributed by atoms with Gasteiger partial charge in [-0.2, -0.15) is 4.68 Å². The van der Waals surface area contributed by atoms with Gasteiger partial charge in [-0.1, -0.05) is 41.6 Å². The van der Waals surface area contributed by atoms with E-state index in [1.165, 1.54) is 11.8 Å². The van der Waals surface area contributed by atoms with Gasteiger partial charge in [0.05, 0.1) is 11.9 Å². The summed E-state index contributed by atoms with van der Waals surface area (Å²) in [6, 6.07) is 12.9. The number of rotatable bonds is 7. The quantitative estimate of drug-likeness (QED) is 0.582. The van der Waals surface area contributed by atoms with Gasteiger partial charge in [-0.3, -0.25) is 4.79 Å². The lowest BCUT2D eigenvalue weighted by Crippen LogP contribution is -2.23. The maximum Gasteiger partial charge on any atom is 0.237 e. The number of aromatic nitrogens is 4. The number of para-hydroxylation sites is 2. The summed E-state index contributed by atoms with van der Waals surface area (Å²) in [7, 11) is 0. The molecule has 0 saturated carbocycles. The van der Waals surface area contributed by atoms with E-state index in [-0.39, 0.29) is 5.91 Å². The molecule has 1 heterocycles. The Labute approximate surface area is 172 Å². The van der Waals surface area contributed by atoms with Gasteiger partial charge in [-0.15, -0.1) is 5.10 Å². The smallest absolute Gasteiger partial charge is 0.237 e. The third-order valence-corrected chi connectivity index (χ3v) is 5.21. The highest BCUT2D eigenvalue weighted by atomic mass is 35.5. The molecule has 1 amide bonds. The number of carbonyl (C=O) groups is 1. The number of nitrogens with zero attached hydrogens (tertiary/aromatic N) is 4. The first kappa shape index (κ1) is 20.2. The van der Waals surface area contributed by atoms with Crippen molar-refractivity contribution in [1.29, 1.82) is 0 Å². The van der Waals surface area contributed by atoms with Gasteiger partial charge in [0.2, 0.25) is 11.1 Å². The Bertz CT molecular complexity index is 978. The zero-order chi connectivity index (χ0) is 20.1. The molecule has 0 fully saturated rings. The fourth-order valence-corrected chi connectivity index (χ4v) is 3.46. The molecule has 0 saturated heterocycles. The summed E-state index contributed by atoms with van der Waals surface area (Å²) in [6.45, 7) is 6.15. The molecule has 2 aromatic carbocycles. The molecule has 1 N–H and O–H groups in total. The Hall–Kier alpha value is -2.58. The van der Waals surface area contributed by atoms with E-state index in [9.17, 15) is 4.79 Å². The molecule has 1 atom stereocenters. The van der Waals surface area contributed by atoms with E-state index in [2.05, 4.69) is 20.8 Å². The van der Waals surface area contributed by atoms with Crippen LogP contribution in [-0.4, -0.2) is 38.0 Å². The Balaban J connectivity index is 1.77. The Morgan fingerprint density at radius 3 is 2.89 bits per heavy atom. The number of thioether (sulfide) groups is 1. The van der Waals surface area contributed by atoms with Crippen LogP contribution < -0.4 is 10.1 Å². The van der Waals surface area contributed by atoms with Gasteiger partial charge in [-0.25, -0.2) is 0 Å². The second-order valence-corrected chi connectivity index (χ2v) is 7.73. The van der Waals surface area contributed by atoms with Crippen molar-refractivity contribution in [3.63, 3.8) is 0 Å². The molecule has 3 rings (SSSR count). The van der Waals surface area contributed by atoms with Crippen molar-refractivity contribution in [3.8, 4) is 11.4 Å². The lowest BCUT2D eigenvalue weighted by molar-refractivity contribution is -0.115. The first-order chi connectivity index (χ1) is 13.5. The van der Waals surface area contributed by atoms with Crippen LogP contribution in [0.1, 0.15) is 19.4 Å². The van der Waals surface area contributed by atoms with Crippen LogP contribution in [0.2, 0.25) is 5.02 Å². The van der Waals surface area contributed by atoms with Gasteiger partial charge in [0.25, 0.3) is 0 Å². The zero-order valence-corrected chi connectivity index (χ0v) is 17.3. The molecule has 9 heteroatoms. The second kappa shape index (κ2) is 9.07. The number of aryl methyl sites for hydroxylation is 1. The summed E-state index contributed by atoms with van der Waals surface area (Å²) >= 11 is 7.29. The van der Waals surface area contributed by atoms with Crippen LogP contribution in [0.5, 0.6) is 5.75 Å². The number of amides is 1. The molecule has 1 aromatic heterocycles. The number of tetrazole rings is 1. The number of benzene rings is 2. The molecule has 0 aliphatic heterocycles. The average molecular weight is 418 g/mol. The summed E-state index contributed by atoms with van der Waals surface area (Å²) in [5.41, 5.74) is 2.34. The summed E-state index contributed by atoms with van der Waals surface area (Å²) in [5, 5.41) is 15.4. The standard InChI is InChI=1S/C19H20ClN5O2S/c1-4-27-17-8-6-5-7-16(17)25-19(22-23-24-25)28-13(3)18(26)21-15-11-14(20)10-9-12(15)2/h5-11,13H,4H2,1-3H3,(H,21,26)/t13-/m0/s1. The van der Waals surface area contributed by atoms with E-state index >= 15 is 0 Å². The van der Waals surface area contributed by atoms with E-state index in [0.29, 0.717) is 28.2 Å². The molecule has 0 bridgehead atoms. The summed E-state index contributed by atoms with van der Waals surface area (Å²) in [5.74, 6) is 0.508. The molecule has 0 aliphatic rings. The Morgan fingerprint density at radius 1 is 1.32 bits per heavy atom. The fourth-order valence-electron chi connectivity index (χ4n) is 2.49. The Kier molecular flexibility index (Phi) is 6.53. The Morgan fingerprint density at radius 2 is 2.11 bits per heavy atom. The molecule has 3 aromatic rings. The number of halogens is 1. The average Bonchev–Trinajstić information content (AvgIpc) is 3.13. The van der Waals surface area contributed by atoms with Crippen LogP contribution in [0.15, 0.2) is 47.6 Å². The van der Waals surface area contributed by atoms with Gasteiger partial charge in [0.1, 0.15) is 11.4 Å².